The van der Waals surface area contributed by atoms with Crippen LogP contribution in [0.5, 0.6) is 0 Å². The van der Waals surface area contributed by atoms with Crippen LogP contribution in [0, 0.1) is 0 Å². The number of sulfonamides is 1. The van der Waals surface area contributed by atoms with Crippen LogP contribution in [-0.2, 0) is 10.0 Å². The van der Waals surface area contributed by atoms with Crippen molar-refractivity contribution in [2.75, 3.05) is 4.72 Å². The molecule has 0 aliphatic heterocycles. The molecule has 9 heteroatoms. The molecule has 0 saturated carbocycles. The monoisotopic (exact) mass is 379 g/mol. The summed E-state index contributed by atoms with van der Waals surface area (Å²) in [5.41, 5.74) is 0. The first kappa shape index (κ1) is 17.5. The van der Waals surface area contributed by atoms with E-state index in [2.05, 4.69) is 28.8 Å². The predicted octanol–water partition coefficient (Wildman–Crippen LogP) is 4.55. The van der Waals surface area contributed by atoms with Crippen LogP contribution in [0.4, 0.5) is 5.13 Å². The van der Waals surface area contributed by atoms with Crippen molar-refractivity contribution < 1.29 is 8.42 Å². The van der Waals surface area contributed by atoms with Crippen molar-refractivity contribution in [3.05, 3.63) is 33.3 Å². The second kappa shape index (κ2) is 7.12. The van der Waals surface area contributed by atoms with Crippen molar-refractivity contribution in [2.45, 2.75) is 37.5 Å². The van der Waals surface area contributed by atoms with Crippen molar-refractivity contribution in [1.29, 1.82) is 0 Å². The Morgan fingerprint density at radius 2 is 1.91 bits per heavy atom. The lowest BCUT2D eigenvalue weighted by atomic mass is 10.1. The summed E-state index contributed by atoms with van der Waals surface area (Å²) in [6.07, 6.45) is 1.86. The Bertz CT molecular complexity index is 758. The van der Waals surface area contributed by atoms with Crippen molar-refractivity contribution >= 4 is 49.7 Å². The van der Waals surface area contributed by atoms with E-state index in [-0.39, 0.29) is 21.0 Å². The maximum Gasteiger partial charge on any atom is 0.265 e. The van der Waals surface area contributed by atoms with E-state index in [0.29, 0.717) is 5.02 Å². The lowest BCUT2D eigenvalue weighted by molar-refractivity contribution is 0.601. The molecule has 2 rings (SSSR count). The molecule has 1 aromatic heterocycles. The summed E-state index contributed by atoms with van der Waals surface area (Å²) in [7, 11) is -3.85. The second-order valence-corrected chi connectivity index (χ2v) is 8.14. The first-order chi connectivity index (χ1) is 10.4. The van der Waals surface area contributed by atoms with E-state index in [1.54, 1.807) is 0 Å². The zero-order valence-corrected chi connectivity index (χ0v) is 15.2. The number of rotatable bonds is 6. The van der Waals surface area contributed by atoms with Gasteiger partial charge in [0.1, 0.15) is 9.90 Å². The topological polar surface area (TPSA) is 72.0 Å². The Morgan fingerprint density at radius 1 is 1.23 bits per heavy atom. The second-order valence-electron chi connectivity index (χ2n) is 4.64. The van der Waals surface area contributed by atoms with E-state index in [9.17, 15) is 8.42 Å². The SMILES string of the molecule is CCC(CC)c1nnc(NS(=O)(=O)c2cc(Cl)ccc2Cl)s1. The van der Waals surface area contributed by atoms with E-state index in [1.165, 1.54) is 29.5 Å². The molecule has 0 aliphatic carbocycles. The number of nitrogens with zero attached hydrogens (tertiary/aromatic N) is 2. The van der Waals surface area contributed by atoms with Gasteiger partial charge >= 0.3 is 0 Å². The summed E-state index contributed by atoms with van der Waals surface area (Å²) in [6, 6.07) is 4.27. The van der Waals surface area contributed by atoms with Crippen LogP contribution < -0.4 is 4.72 Å². The minimum atomic E-state index is -3.85. The Balaban J connectivity index is 2.28. The molecule has 0 amide bonds. The molecule has 120 valence electrons. The van der Waals surface area contributed by atoms with Gasteiger partial charge in [0.05, 0.1) is 5.02 Å². The molecule has 0 fully saturated rings. The molecule has 1 N–H and O–H groups in total. The fraction of sp³-hybridized carbons (Fsp3) is 0.385. The van der Waals surface area contributed by atoms with Crippen LogP contribution in [0.2, 0.25) is 10.0 Å². The molecular weight excluding hydrogens is 365 g/mol. The fourth-order valence-corrected chi connectivity index (χ4v) is 4.94. The zero-order valence-electron chi connectivity index (χ0n) is 12.0. The van der Waals surface area contributed by atoms with E-state index in [0.717, 1.165) is 17.8 Å². The predicted molar refractivity (Wildman–Crippen MR) is 90.5 cm³/mol. The number of halogens is 2. The molecular formula is C13H15Cl2N3O2S2. The third kappa shape index (κ3) is 3.90. The van der Waals surface area contributed by atoms with Crippen LogP contribution in [0.1, 0.15) is 37.6 Å². The van der Waals surface area contributed by atoms with Crippen molar-refractivity contribution in [3.63, 3.8) is 0 Å². The van der Waals surface area contributed by atoms with Gasteiger partial charge in [-0.25, -0.2) is 8.42 Å². The average molecular weight is 380 g/mol. The lowest BCUT2D eigenvalue weighted by Gasteiger charge is -2.07. The third-order valence-electron chi connectivity index (χ3n) is 3.18. The molecule has 2 aromatic rings. The zero-order chi connectivity index (χ0) is 16.3. The Hall–Kier alpha value is -0.890. The summed E-state index contributed by atoms with van der Waals surface area (Å²) < 4.78 is 27.2. The molecule has 0 saturated heterocycles. The van der Waals surface area contributed by atoms with Crippen molar-refractivity contribution in [1.82, 2.24) is 10.2 Å². The highest BCUT2D eigenvalue weighted by molar-refractivity contribution is 7.93. The van der Waals surface area contributed by atoms with Gasteiger partial charge in [0.25, 0.3) is 10.0 Å². The first-order valence-corrected chi connectivity index (χ1v) is 9.74. The van der Waals surface area contributed by atoms with Gasteiger partial charge < -0.3 is 0 Å². The maximum atomic E-state index is 12.4. The van der Waals surface area contributed by atoms with Gasteiger partial charge in [-0.15, -0.1) is 10.2 Å². The molecule has 0 radical (unpaired) electrons. The van der Waals surface area contributed by atoms with Gasteiger partial charge in [-0.2, -0.15) is 0 Å². The normalized spacial score (nSPS) is 11.9. The third-order valence-corrected chi connectivity index (χ3v) is 6.37. The van der Waals surface area contributed by atoms with Crippen molar-refractivity contribution in [2.24, 2.45) is 0 Å². The number of hydrogen-bond acceptors (Lipinski definition) is 5. The Labute approximate surface area is 143 Å². The van der Waals surface area contributed by atoms with Crippen LogP contribution in [0.3, 0.4) is 0 Å². The molecule has 22 heavy (non-hydrogen) atoms. The molecule has 0 spiro atoms. The smallest absolute Gasteiger partial charge is 0.253 e. The molecule has 0 bridgehead atoms. The van der Waals surface area contributed by atoms with E-state index in [4.69, 9.17) is 23.2 Å². The first-order valence-electron chi connectivity index (χ1n) is 6.68. The van der Waals surface area contributed by atoms with Crippen molar-refractivity contribution in [3.8, 4) is 0 Å². The molecule has 5 nitrogen and oxygen atoms in total. The highest BCUT2D eigenvalue weighted by Crippen LogP contribution is 2.31. The highest BCUT2D eigenvalue weighted by atomic mass is 35.5. The quantitative estimate of drug-likeness (QED) is 0.798. The van der Waals surface area contributed by atoms with Gasteiger partial charge in [0.15, 0.2) is 0 Å². The summed E-state index contributed by atoms with van der Waals surface area (Å²) >= 11 is 13.0. The number of benzene rings is 1. The van der Waals surface area contributed by atoms with Crippen LogP contribution >= 0.6 is 34.5 Å². The van der Waals surface area contributed by atoms with Gasteiger partial charge in [-0.05, 0) is 31.0 Å². The van der Waals surface area contributed by atoms with Crippen LogP contribution in [-0.4, -0.2) is 18.6 Å². The summed E-state index contributed by atoms with van der Waals surface area (Å²) in [5.74, 6) is 0.283. The number of aromatic nitrogens is 2. The standard InChI is InChI=1S/C13H15Cl2N3O2S2/c1-3-8(4-2)12-16-17-13(21-12)18-22(19,20)11-7-9(14)5-6-10(11)15/h5-8H,3-4H2,1-2H3,(H,17,18). The highest BCUT2D eigenvalue weighted by Gasteiger charge is 2.21. The minimum absolute atomic E-state index is 0.0825. The van der Waals surface area contributed by atoms with Gasteiger partial charge in [0.2, 0.25) is 5.13 Å². The summed E-state index contributed by atoms with van der Waals surface area (Å²) in [4.78, 5) is -0.0825. The molecule has 0 aliphatic rings. The Morgan fingerprint density at radius 3 is 2.55 bits per heavy atom. The van der Waals surface area contributed by atoms with E-state index in [1.807, 2.05) is 0 Å². The summed E-state index contributed by atoms with van der Waals surface area (Å²) in [5, 5.41) is 9.39. The molecule has 0 unspecified atom stereocenters. The fourth-order valence-electron chi connectivity index (χ4n) is 1.93. The molecule has 0 atom stereocenters. The minimum Gasteiger partial charge on any atom is -0.253 e. The van der Waals surface area contributed by atoms with Gasteiger partial charge in [-0.3, -0.25) is 4.72 Å². The maximum absolute atomic E-state index is 12.4. The molecule has 1 aromatic carbocycles. The van der Waals surface area contributed by atoms with E-state index >= 15 is 0 Å². The Kier molecular flexibility index (Phi) is 5.65. The van der Waals surface area contributed by atoms with Crippen LogP contribution in [0.25, 0.3) is 0 Å². The van der Waals surface area contributed by atoms with Gasteiger partial charge in [-0.1, -0.05) is 48.4 Å². The average Bonchev–Trinajstić information content (AvgIpc) is 2.90. The summed E-state index contributed by atoms with van der Waals surface area (Å²) in [6.45, 7) is 4.12. The number of nitrogens with one attached hydrogen (secondary N) is 1. The van der Waals surface area contributed by atoms with E-state index < -0.39 is 10.0 Å². The van der Waals surface area contributed by atoms with Crippen LogP contribution in [0.15, 0.2) is 23.1 Å². The number of anilines is 1. The lowest BCUT2D eigenvalue weighted by Crippen LogP contribution is -2.13. The largest absolute Gasteiger partial charge is 0.265 e. The molecule has 1 heterocycles. The number of hydrogen-bond donors (Lipinski definition) is 1. The van der Waals surface area contributed by atoms with Gasteiger partial charge in [0, 0.05) is 10.9 Å².